The molecule has 0 atom stereocenters. The molecule has 0 saturated carbocycles. The van der Waals surface area contributed by atoms with Crippen LogP contribution in [0.1, 0.15) is 57.5 Å². The summed E-state index contributed by atoms with van der Waals surface area (Å²) in [5.74, 6) is -1.94. The van der Waals surface area contributed by atoms with Gasteiger partial charge in [-0.15, -0.1) is 0 Å². The summed E-state index contributed by atoms with van der Waals surface area (Å²) >= 11 is 0. The smallest absolute Gasteiger partial charge is 0.339 e. The van der Waals surface area contributed by atoms with E-state index in [1.165, 1.54) is 0 Å². The summed E-state index contributed by atoms with van der Waals surface area (Å²) in [6, 6.07) is 3.17. The highest BCUT2D eigenvalue weighted by Crippen LogP contribution is 2.43. The van der Waals surface area contributed by atoms with Crippen molar-refractivity contribution < 1.29 is 18.7 Å². The van der Waals surface area contributed by atoms with Gasteiger partial charge in [-0.25, -0.2) is 9.18 Å². The van der Waals surface area contributed by atoms with Gasteiger partial charge < -0.3 is 9.53 Å². The maximum Gasteiger partial charge on any atom is 0.339 e. The number of aromatic carboxylic acids is 1. The lowest BCUT2D eigenvalue weighted by Crippen LogP contribution is -2.51. The maximum atomic E-state index is 14.6. The molecule has 5 heteroatoms. The Morgan fingerprint density at radius 2 is 1.55 bits per heavy atom. The van der Waals surface area contributed by atoms with Crippen molar-refractivity contribution in [2.24, 2.45) is 0 Å². The quantitative estimate of drug-likeness (QED) is 0.713. The van der Waals surface area contributed by atoms with Crippen molar-refractivity contribution in [1.82, 2.24) is 0 Å². The van der Waals surface area contributed by atoms with Gasteiger partial charge in [0.15, 0.2) is 5.82 Å². The van der Waals surface area contributed by atoms with Crippen LogP contribution in [-0.4, -0.2) is 19.4 Å². The molecule has 1 aromatic rings. The number of rotatable bonds is 6. The van der Waals surface area contributed by atoms with Crippen LogP contribution in [0.2, 0.25) is 16.6 Å². The first-order valence-electron chi connectivity index (χ1n) is 7.77. The minimum atomic E-state index is -2.31. The molecular formula is C17H27FO3Si. The number of carboxylic acids is 1. The first kappa shape index (κ1) is 18.7. The lowest BCUT2D eigenvalue weighted by molar-refractivity contribution is 0.0690. The van der Waals surface area contributed by atoms with Gasteiger partial charge in [0.2, 0.25) is 0 Å². The minimum Gasteiger partial charge on any atom is -0.541 e. The summed E-state index contributed by atoms with van der Waals surface area (Å²) in [5.41, 5.74) is 0.990. The van der Waals surface area contributed by atoms with Crippen molar-refractivity contribution in [3.63, 3.8) is 0 Å². The van der Waals surface area contributed by atoms with Crippen LogP contribution in [0.25, 0.3) is 0 Å². The van der Waals surface area contributed by atoms with E-state index in [-0.39, 0.29) is 11.3 Å². The zero-order valence-electron chi connectivity index (χ0n) is 14.5. The molecule has 0 saturated heterocycles. The Morgan fingerprint density at radius 1 is 1.09 bits per heavy atom. The van der Waals surface area contributed by atoms with E-state index in [2.05, 4.69) is 41.5 Å². The predicted molar refractivity (Wildman–Crippen MR) is 89.8 cm³/mol. The summed E-state index contributed by atoms with van der Waals surface area (Å²) in [5, 5.41) is 9.21. The van der Waals surface area contributed by atoms with Crippen molar-refractivity contribution in [1.29, 1.82) is 0 Å². The second kappa shape index (κ2) is 6.81. The zero-order chi connectivity index (χ0) is 17.2. The average molecular weight is 326 g/mol. The summed E-state index contributed by atoms with van der Waals surface area (Å²) in [6.07, 6.45) is 0. The molecule has 22 heavy (non-hydrogen) atoms. The second-order valence-electron chi connectivity index (χ2n) is 6.79. The fraction of sp³-hybridized carbons (Fsp3) is 0.588. The van der Waals surface area contributed by atoms with Crippen LogP contribution < -0.4 is 4.43 Å². The van der Waals surface area contributed by atoms with Crippen LogP contribution in [0.3, 0.4) is 0 Å². The molecule has 0 aliphatic carbocycles. The first-order valence-corrected chi connectivity index (χ1v) is 9.91. The Labute approximate surface area is 133 Å². The molecule has 0 aliphatic rings. The van der Waals surface area contributed by atoms with E-state index in [1.54, 1.807) is 19.1 Å². The van der Waals surface area contributed by atoms with E-state index in [4.69, 9.17) is 4.43 Å². The van der Waals surface area contributed by atoms with E-state index in [0.717, 1.165) is 0 Å². The predicted octanol–water partition coefficient (Wildman–Crippen LogP) is 5.39. The highest BCUT2D eigenvalue weighted by Gasteiger charge is 2.47. The lowest BCUT2D eigenvalue weighted by Gasteiger charge is -2.42. The standard InChI is InChI=1S/C17H27FO3Si/c1-10(2)22(11(3)4,12(5)6)21-14-9-8-13(7)15(16(14)18)17(19)20/h8-12H,1-7H3,(H,19,20). The Morgan fingerprint density at radius 3 is 1.91 bits per heavy atom. The molecule has 0 amide bonds. The van der Waals surface area contributed by atoms with Crippen LogP contribution in [-0.2, 0) is 0 Å². The Hall–Kier alpha value is -1.36. The van der Waals surface area contributed by atoms with Gasteiger partial charge in [-0.3, -0.25) is 0 Å². The Bertz CT molecular complexity index is 531. The monoisotopic (exact) mass is 326 g/mol. The average Bonchev–Trinajstić information content (AvgIpc) is 2.36. The van der Waals surface area contributed by atoms with Crippen LogP contribution >= 0.6 is 0 Å². The van der Waals surface area contributed by atoms with Crippen LogP contribution in [0.5, 0.6) is 5.75 Å². The SMILES string of the molecule is Cc1ccc(O[Si](C(C)C)(C(C)C)C(C)C)c(F)c1C(=O)O. The molecular weight excluding hydrogens is 299 g/mol. The number of carbonyl (C=O) groups is 1. The number of hydrogen-bond donors (Lipinski definition) is 1. The van der Waals surface area contributed by atoms with Gasteiger partial charge in [0.1, 0.15) is 11.3 Å². The van der Waals surface area contributed by atoms with Crippen LogP contribution in [0, 0.1) is 12.7 Å². The molecule has 124 valence electrons. The second-order valence-corrected chi connectivity index (χ2v) is 12.2. The molecule has 1 rings (SSSR count). The number of aryl methyl sites for hydroxylation is 1. The van der Waals surface area contributed by atoms with Gasteiger partial charge >= 0.3 is 5.97 Å². The largest absolute Gasteiger partial charge is 0.541 e. The van der Waals surface area contributed by atoms with Crippen molar-refractivity contribution in [2.45, 2.75) is 65.1 Å². The third-order valence-corrected chi connectivity index (χ3v) is 10.5. The first-order chi connectivity index (χ1) is 10.1. The van der Waals surface area contributed by atoms with Gasteiger partial charge in [0.25, 0.3) is 8.32 Å². The van der Waals surface area contributed by atoms with Gasteiger partial charge in [0, 0.05) is 0 Å². The molecule has 0 aromatic heterocycles. The lowest BCUT2D eigenvalue weighted by atomic mass is 10.1. The fourth-order valence-corrected chi connectivity index (χ4v) is 8.78. The van der Waals surface area contributed by atoms with E-state index in [9.17, 15) is 14.3 Å². The molecule has 0 fully saturated rings. The van der Waals surface area contributed by atoms with Gasteiger partial charge in [-0.1, -0.05) is 47.6 Å². The molecule has 0 heterocycles. The van der Waals surface area contributed by atoms with Crippen molar-refractivity contribution >= 4 is 14.3 Å². The minimum absolute atomic E-state index is 0.0748. The molecule has 0 spiro atoms. The molecule has 1 N–H and O–H groups in total. The van der Waals surface area contributed by atoms with Crippen molar-refractivity contribution in [3.05, 3.63) is 29.1 Å². The van der Waals surface area contributed by atoms with Crippen molar-refractivity contribution in [2.75, 3.05) is 0 Å². The third kappa shape index (κ3) is 3.19. The summed E-state index contributed by atoms with van der Waals surface area (Å²) in [4.78, 5) is 11.3. The van der Waals surface area contributed by atoms with Gasteiger partial charge in [0.05, 0.1) is 0 Å². The highest BCUT2D eigenvalue weighted by molar-refractivity contribution is 6.78. The summed E-state index contributed by atoms with van der Waals surface area (Å²) in [6.45, 7) is 14.2. The zero-order valence-corrected chi connectivity index (χ0v) is 15.5. The molecule has 1 aromatic carbocycles. The topological polar surface area (TPSA) is 46.5 Å². The van der Waals surface area contributed by atoms with Crippen molar-refractivity contribution in [3.8, 4) is 5.75 Å². The Kier molecular flexibility index (Phi) is 5.79. The Balaban J connectivity index is 3.43. The fourth-order valence-electron chi connectivity index (χ4n) is 3.54. The van der Waals surface area contributed by atoms with Gasteiger partial charge in [-0.2, -0.15) is 0 Å². The molecule has 0 radical (unpaired) electrons. The maximum absolute atomic E-state index is 14.6. The number of benzene rings is 1. The van der Waals surface area contributed by atoms with Gasteiger partial charge in [-0.05, 0) is 35.2 Å². The van der Waals surface area contributed by atoms with Crippen LogP contribution in [0.15, 0.2) is 12.1 Å². The number of hydrogen-bond acceptors (Lipinski definition) is 2. The number of carboxylic acid groups (broad SMARTS) is 1. The van der Waals surface area contributed by atoms with Crippen LogP contribution in [0.4, 0.5) is 4.39 Å². The van der Waals surface area contributed by atoms with E-state index in [0.29, 0.717) is 22.2 Å². The summed E-state index contributed by atoms with van der Waals surface area (Å²) < 4.78 is 20.9. The number of halogens is 1. The van der Waals surface area contributed by atoms with E-state index >= 15 is 0 Å². The molecule has 0 unspecified atom stereocenters. The van der Waals surface area contributed by atoms with E-state index in [1.807, 2.05) is 0 Å². The molecule has 3 nitrogen and oxygen atoms in total. The van der Waals surface area contributed by atoms with E-state index < -0.39 is 20.1 Å². The highest BCUT2D eigenvalue weighted by atomic mass is 28.4. The molecule has 0 aliphatic heterocycles. The third-order valence-electron chi connectivity index (χ3n) is 4.52. The molecule has 0 bridgehead atoms. The normalized spacial score (nSPS) is 12.3. The summed E-state index contributed by atoms with van der Waals surface area (Å²) in [7, 11) is -2.31.